The zero-order valence-electron chi connectivity index (χ0n) is 32.1. The van der Waals surface area contributed by atoms with Gasteiger partial charge < -0.3 is 8.80 Å². The lowest BCUT2D eigenvalue weighted by Crippen LogP contribution is -2.25. The van der Waals surface area contributed by atoms with E-state index in [2.05, 4.69) is 82.1 Å². The average Bonchev–Trinajstić information content (AvgIpc) is 3.86. The van der Waals surface area contributed by atoms with Crippen molar-refractivity contribution in [2.24, 2.45) is 23.7 Å². The maximum Gasteiger partial charge on any atom is 0.195 e. The third-order valence-electron chi connectivity index (χ3n) is 17.4. The molecule has 0 radical (unpaired) electrons. The number of nitriles is 1. The van der Waals surface area contributed by atoms with Crippen molar-refractivity contribution in [3.63, 3.8) is 0 Å². The minimum absolute atomic E-state index is 0.524. The van der Waals surface area contributed by atoms with E-state index >= 15 is 0 Å². The van der Waals surface area contributed by atoms with E-state index in [1.807, 2.05) is 0 Å². The molecule has 17 rings (SSSR count). The van der Waals surface area contributed by atoms with E-state index in [-0.39, 0.29) is 0 Å². The number of rotatable bonds is 0. The summed E-state index contributed by atoms with van der Waals surface area (Å²) in [7, 11) is 0. The molecule has 8 aliphatic carbocycles. The van der Waals surface area contributed by atoms with Crippen molar-refractivity contribution >= 4 is 81.9 Å². The number of para-hydroxylation sites is 2. The quantitative estimate of drug-likeness (QED) is 0.144. The van der Waals surface area contributed by atoms with Gasteiger partial charge in [0.15, 0.2) is 5.69 Å². The molecule has 4 aromatic heterocycles. The van der Waals surface area contributed by atoms with Crippen LogP contribution >= 0.6 is 0 Å². The summed E-state index contributed by atoms with van der Waals surface area (Å²) in [6.45, 7) is 13.2. The highest BCUT2D eigenvalue weighted by Gasteiger charge is 2.47. The van der Waals surface area contributed by atoms with Gasteiger partial charge in [0.05, 0.1) is 45.8 Å². The van der Waals surface area contributed by atoms with Crippen LogP contribution in [-0.2, 0) is 0 Å². The van der Waals surface area contributed by atoms with Gasteiger partial charge in [-0.1, -0.05) is 36.4 Å². The smallest absolute Gasteiger partial charge is 0.195 e. The predicted octanol–water partition coefficient (Wildman–Crippen LogP) is 13.8. The Kier molecular flexibility index (Phi) is 5.13. The second-order valence-corrected chi connectivity index (χ2v) is 19.9. The summed E-state index contributed by atoms with van der Waals surface area (Å²) in [6, 6.07) is 21.9. The molecule has 270 valence electrons. The van der Waals surface area contributed by atoms with Crippen LogP contribution < -0.4 is 0 Å². The number of nitrogens with zero attached hydrogens (tertiary/aromatic N) is 4. The molecule has 4 saturated carbocycles. The minimum Gasteiger partial charge on any atom is -0.309 e. The van der Waals surface area contributed by atoms with Crippen LogP contribution in [0.2, 0.25) is 0 Å². The molecule has 0 saturated heterocycles. The topological polar surface area (TPSA) is 37.0 Å². The first-order valence-electron chi connectivity index (χ1n) is 21.7. The highest BCUT2D eigenvalue weighted by atomic mass is 14.9. The molecule has 0 N–H and O–H groups in total. The summed E-state index contributed by atoms with van der Waals surface area (Å²) in [4.78, 5) is 4.42. The van der Waals surface area contributed by atoms with Gasteiger partial charge in [0.1, 0.15) is 0 Å². The molecule has 4 nitrogen and oxygen atoms in total. The lowest BCUT2D eigenvalue weighted by Gasteiger charge is -2.38. The minimum atomic E-state index is 0.524. The van der Waals surface area contributed by atoms with Crippen molar-refractivity contribution in [3.05, 3.63) is 98.9 Å². The summed E-state index contributed by atoms with van der Waals surface area (Å²) < 4.78 is 5.17. The summed E-state index contributed by atoms with van der Waals surface area (Å²) in [5.74, 6) is 5.40. The molecule has 4 heteroatoms. The van der Waals surface area contributed by atoms with E-state index in [1.54, 1.807) is 11.1 Å². The summed E-state index contributed by atoms with van der Waals surface area (Å²) in [5, 5.41) is 21.8. The zero-order valence-corrected chi connectivity index (χ0v) is 32.1. The van der Waals surface area contributed by atoms with Gasteiger partial charge in [0, 0.05) is 48.6 Å². The molecule has 4 atom stereocenters. The van der Waals surface area contributed by atoms with E-state index < -0.39 is 0 Å². The monoisotopic (exact) mass is 722 g/mol. The third kappa shape index (κ3) is 3.18. The van der Waals surface area contributed by atoms with Crippen LogP contribution in [0.15, 0.2) is 48.5 Å². The Balaban J connectivity index is 1.10. The van der Waals surface area contributed by atoms with Crippen LogP contribution in [0.5, 0.6) is 0 Å². The maximum absolute atomic E-state index is 11.0. The van der Waals surface area contributed by atoms with Gasteiger partial charge in [-0.05, 0) is 171 Å². The lowest BCUT2D eigenvalue weighted by atomic mass is 9.67. The highest BCUT2D eigenvalue weighted by Crippen LogP contribution is 2.63. The van der Waals surface area contributed by atoms with Crippen LogP contribution in [0.25, 0.3) is 81.0 Å². The third-order valence-corrected chi connectivity index (χ3v) is 17.4. The van der Waals surface area contributed by atoms with Crippen molar-refractivity contribution < 1.29 is 0 Å². The normalized spacial score (nSPS) is 28.9. The fourth-order valence-electron chi connectivity index (χ4n) is 16.0. The molecule has 0 amide bonds. The second kappa shape index (κ2) is 9.61. The molecule has 9 aromatic rings. The molecule has 0 spiro atoms. The Morgan fingerprint density at radius 2 is 0.964 bits per heavy atom. The largest absolute Gasteiger partial charge is 0.309 e. The fourth-order valence-corrected chi connectivity index (χ4v) is 16.0. The van der Waals surface area contributed by atoms with E-state index in [0.717, 1.165) is 34.9 Å². The summed E-state index contributed by atoms with van der Waals surface area (Å²) >= 11 is 0. The Morgan fingerprint density at radius 3 is 1.45 bits per heavy atom. The van der Waals surface area contributed by atoms with E-state index in [1.165, 1.54) is 163 Å². The number of aromatic nitrogens is 2. The molecular formula is C52H42N4. The van der Waals surface area contributed by atoms with Gasteiger partial charge >= 0.3 is 0 Å². The van der Waals surface area contributed by atoms with Crippen LogP contribution in [0, 0.1) is 55.4 Å². The summed E-state index contributed by atoms with van der Waals surface area (Å²) in [6.07, 6.45) is 13.0. The predicted molar refractivity (Wildman–Crippen MR) is 227 cm³/mol. The van der Waals surface area contributed by atoms with E-state index in [4.69, 9.17) is 6.57 Å². The molecular weight excluding hydrogens is 681 g/mol. The molecule has 4 unspecified atom stereocenters. The molecule has 56 heavy (non-hydrogen) atoms. The molecule has 5 aromatic carbocycles. The lowest BCUT2D eigenvalue weighted by molar-refractivity contribution is 0.166. The number of benzene rings is 5. The molecule has 4 fully saturated rings. The van der Waals surface area contributed by atoms with E-state index in [0.29, 0.717) is 23.7 Å². The molecule has 8 aliphatic rings. The number of hydrogen-bond acceptors (Lipinski definition) is 1. The Morgan fingerprint density at radius 1 is 0.536 bits per heavy atom. The second-order valence-electron chi connectivity index (χ2n) is 19.9. The molecule has 4 heterocycles. The van der Waals surface area contributed by atoms with Crippen molar-refractivity contribution in [1.29, 1.82) is 5.26 Å². The molecule has 8 bridgehead atoms. The molecule has 0 aliphatic heterocycles. The van der Waals surface area contributed by atoms with Gasteiger partial charge in [-0.15, -0.1) is 0 Å². The van der Waals surface area contributed by atoms with Crippen molar-refractivity contribution in [3.8, 4) is 6.07 Å². The average molecular weight is 723 g/mol. The van der Waals surface area contributed by atoms with Gasteiger partial charge in [0.2, 0.25) is 0 Å². The van der Waals surface area contributed by atoms with E-state index in [9.17, 15) is 5.26 Å². The van der Waals surface area contributed by atoms with Gasteiger partial charge in [-0.25, -0.2) is 4.85 Å². The van der Waals surface area contributed by atoms with Crippen LogP contribution in [0.3, 0.4) is 0 Å². The first-order valence-corrected chi connectivity index (χ1v) is 21.7. The maximum atomic E-state index is 11.0. The Labute approximate surface area is 325 Å². The van der Waals surface area contributed by atoms with Crippen LogP contribution in [-0.4, -0.2) is 8.80 Å². The Hall–Kier alpha value is -5.32. The van der Waals surface area contributed by atoms with Crippen molar-refractivity contribution in [2.45, 2.75) is 102 Å². The standard InChI is InChI=1S/C52H42N4/c1-23-39(22-53)42-29-12-25-10-26(13-29)15-30(14-25)43(42)46-35-8-4-6-33-37-21-41-38(20-40(37)55(49(23)46)51(33)35)34-7-5-9-36-47-44-31-16-27-11-28(17-31)19-32(18-27)45(44)48(54-3)24(2)50(47)56(41)52(34)36/h4-9,20-21,25-32H,10-19H2,1-2H3. The van der Waals surface area contributed by atoms with Gasteiger partial charge in [-0.2, -0.15) is 5.26 Å². The SMILES string of the molecule is [C-]#[N+]c1c2c(c3c4cccc5c6cc7c(cc6n(c3c1C)c54)c1cccc3c4c5c(c(C#N)c(C)c4n7c13)C1CC3CC(C1)CC5C3)C1CC3CC(CC2C3)C1. The summed E-state index contributed by atoms with van der Waals surface area (Å²) in [5.41, 5.74) is 17.9. The number of aryl methyl sites for hydroxylation is 2. The van der Waals surface area contributed by atoms with Gasteiger partial charge in [0.25, 0.3) is 0 Å². The number of fused-ring (bicyclic) bond motifs is 12. The van der Waals surface area contributed by atoms with Crippen LogP contribution in [0.4, 0.5) is 5.69 Å². The zero-order chi connectivity index (χ0) is 36.6. The van der Waals surface area contributed by atoms with Crippen molar-refractivity contribution in [2.75, 3.05) is 0 Å². The Bertz CT molecular complexity index is 3170. The highest BCUT2D eigenvalue weighted by molar-refractivity contribution is 6.30. The first kappa shape index (κ1) is 29.9. The van der Waals surface area contributed by atoms with Crippen molar-refractivity contribution in [1.82, 2.24) is 8.80 Å². The van der Waals surface area contributed by atoms with Gasteiger partial charge in [-0.3, -0.25) is 0 Å². The van der Waals surface area contributed by atoms with Crippen LogP contribution in [0.1, 0.15) is 127 Å². The number of hydrogen-bond donors (Lipinski definition) is 0. The first-order chi connectivity index (χ1) is 27.5. The fraction of sp³-hybridized carbons (Fsp3) is 0.385.